The minimum absolute atomic E-state index is 0.0899. The molecule has 1 saturated carbocycles. The smallest absolute Gasteiger partial charge is 0.234 e. The number of imide groups is 1. The second-order valence-corrected chi connectivity index (χ2v) is 7.50. The van der Waals surface area contributed by atoms with Gasteiger partial charge in [0.25, 0.3) is 0 Å². The number of benzene rings is 2. The first-order valence-electron chi connectivity index (χ1n) is 9.17. The number of amides is 2. The van der Waals surface area contributed by atoms with Gasteiger partial charge < -0.3 is 0 Å². The van der Waals surface area contributed by atoms with Gasteiger partial charge >= 0.3 is 0 Å². The molecule has 0 radical (unpaired) electrons. The average Bonchev–Trinajstić information content (AvgIpc) is 2.93. The quantitative estimate of drug-likeness (QED) is 0.804. The molecule has 0 aromatic heterocycles. The lowest BCUT2D eigenvalue weighted by atomic mass is 9.56. The van der Waals surface area contributed by atoms with Crippen LogP contribution in [0.5, 0.6) is 0 Å². The Labute approximate surface area is 151 Å². The molecule has 1 aliphatic heterocycles. The van der Waals surface area contributed by atoms with Crippen molar-refractivity contribution in [1.29, 1.82) is 0 Å². The maximum Gasteiger partial charge on any atom is 0.234 e. The molecule has 4 heteroatoms. The molecule has 1 heterocycles. The van der Waals surface area contributed by atoms with Crippen LogP contribution in [0.15, 0.2) is 54.6 Å². The third-order valence-electron chi connectivity index (χ3n) is 6.25. The molecule has 130 valence electrons. The molecule has 0 N–H and O–H groups in total. The van der Waals surface area contributed by atoms with Crippen LogP contribution in [-0.4, -0.2) is 29.0 Å². The molecule has 4 aliphatic rings. The highest BCUT2D eigenvalue weighted by Crippen LogP contribution is 2.57. The molecule has 2 bridgehead atoms. The summed E-state index contributed by atoms with van der Waals surface area (Å²) in [6.07, 6.45) is 1.03. The second kappa shape index (κ2) is 5.63. The summed E-state index contributed by atoms with van der Waals surface area (Å²) in [4.78, 5) is 40.2. The van der Waals surface area contributed by atoms with Crippen LogP contribution in [-0.2, 0) is 20.8 Å². The molecule has 4 nitrogen and oxygen atoms in total. The van der Waals surface area contributed by atoms with Gasteiger partial charge in [0.1, 0.15) is 5.78 Å². The molecule has 6 rings (SSSR count). The highest BCUT2D eigenvalue weighted by molar-refractivity contribution is 6.11. The first-order valence-corrected chi connectivity index (χ1v) is 9.17. The Bertz CT molecular complexity index is 920. The number of fused-ring (bicyclic) bond motifs is 1. The lowest BCUT2D eigenvalue weighted by molar-refractivity contribution is -0.140. The van der Waals surface area contributed by atoms with Crippen LogP contribution in [0.4, 0.5) is 0 Å². The van der Waals surface area contributed by atoms with Crippen LogP contribution >= 0.6 is 0 Å². The van der Waals surface area contributed by atoms with Crippen LogP contribution < -0.4 is 0 Å². The molecule has 0 unspecified atom stereocenters. The maximum absolute atomic E-state index is 13.1. The minimum Gasteiger partial charge on any atom is -0.299 e. The van der Waals surface area contributed by atoms with Crippen molar-refractivity contribution in [2.45, 2.75) is 24.7 Å². The lowest BCUT2D eigenvalue weighted by Gasteiger charge is -2.43. The standard InChI is InChI=1S/C22H19NO3/c24-17-12-16-14-8-4-5-9-15(14)18(17)20-19(16)21(25)23(22(20)26)11-10-13-6-2-1-3-7-13/h1-9,16,18-20H,10-12H2/t16-,18+,19+,20-/m1/s1. The number of carbonyl (C=O) groups excluding carboxylic acids is 3. The van der Waals surface area contributed by atoms with Gasteiger partial charge in [0.2, 0.25) is 11.8 Å². The number of hydrogen-bond donors (Lipinski definition) is 0. The monoisotopic (exact) mass is 345 g/mol. The van der Waals surface area contributed by atoms with Crippen LogP contribution in [0, 0.1) is 11.8 Å². The third kappa shape index (κ3) is 2.05. The summed E-state index contributed by atoms with van der Waals surface area (Å²) < 4.78 is 0. The topological polar surface area (TPSA) is 54.5 Å². The Kier molecular flexibility index (Phi) is 3.36. The molecular formula is C22H19NO3. The molecule has 2 fully saturated rings. The fourth-order valence-electron chi connectivity index (χ4n) is 5.13. The van der Waals surface area contributed by atoms with Crippen LogP contribution in [0.25, 0.3) is 0 Å². The van der Waals surface area contributed by atoms with E-state index in [1.807, 2.05) is 54.6 Å². The van der Waals surface area contributed by atoms with E-state index >= 15 is 0 Å². The van der Waals surface area contributed by atoms with Gasteiger partial charge in [-0.25, -0.2) is 0 Å². The van der Waals surface area contributed by atoms with E-state index in [-0.39, 0.29) is 29.4 Å². The number of hydrogen-bond acceptors (Lipinski definition) is 3. The Morgan fingerprint density at radius 3 is 2.23 bits per heavy atom. The van der Waals surface area contributed by atoms with Gasteiger partial charge in [-0.05, 0) is 23.1 Å². The van der Waals surface area contributed by atoms with E-state index in [1.165, 1.54) is 4.90 Å². The summed E-state index contributed by atoms with van der Waals surface area (Å²) in [5.41, 5.74) is 3.15. The predicted molar refractivity (Wildman–Crippen MR) is 95.4 cm³/mol. The summed E-state index contributed by atoms with van der Waals surface area (Å²) >= 11 is 0. The first-order chi connectivity index (χ1) is 12.7. The number of nitrogens with zero attached hydrogens (tertiary/aromatic N) is 1. The summed E-state index contributed by atoms with van der Waals surface area (Å²) in [5, 5.41) is 0. The van der Waals surface area contributed by atoms with E-state index in [0.29, 0.717) is 19.4 Å². The number of Topliss-reactive ketones (excluding diaryl/α,β-unsaturated/α-hetero) is 1. The highest BCUT2D eigenvalue weighted by Gasteiger charge is 2.62. The van der Waals surface area contributed by atoms with Crippen molar-refractivity contribution >= 4 is 17.6 Å². The normalized spacial score (nSPS) is 29.1. The largest absolute Gasteiger partial charge is 0.299 e. The fraction of sp³-hybridized carbons (Fsp3) is 0.318. The summed E-state index contributed by atoms with van der Waals surface area (Å²) in [6, 6.07) is 17.7. The van der Waals surface area contributed by atoms with Gasteiger partial charge in [-0.15, -0.1) is 0 Å². The lowest BCUT2D eigenvalue weighted by Crippen LogP contribution is -2.44. The van der Waals surface area contributed by atoms with Gasteiger partial charge in [0, 0.05) is 18.9 Å². The molecule has 4 atom stereocenters. The molecule has 2 aromatic rings. The van der Waals surface area contributed by atoms with Gasteiger partial charge in [-0.2, -0.15) is 0 Å². The van der Waals surface area contributed by atoms with E-state index in [1.54, 1.807) is 0 Å². The van der Waals surface area contributed by atoms with Gasteiger partial charge in [0.05, 0.1) is 17.8 Å². The average molecular weight is 345 g/mol. The second-order valence-electron chi connectivity index (χ2n) is 7.50. The van der Waals surface area contributed by atoms with E-state index in [0.717, 1.165) is 16.7 Å². The zero-order valence-electron chi connectivity index (χ0n) is 14.3. The van der Waals surface area contributed by atoms with Crippen molar-refractivity contribution in [3.05, 3.63) is 71.3 Å². The third-order valence-corrected chi connectivity index (χ3v) is 6.25. The predicted octanol–water partition coefficient (Wildman–Crippen LogP) is 2.68. The van der Waals surface area contributed by atoms with Crippen molar-refractivity contribution in [3.63, 3.8) is 0 Å². The maximum atomic E-state index is 13.1. The Hall–Kier alpha value is -2.75. The Morgan fingerprint density at radius 1 is 0.808 bits per heavy atom. The number of rotatable bonds is 3. The SMILES string of the molecule is O=C1C[C@@H]2c3ccccc3[C@@H]1[C@H]1C(=O)N(CCc3ccccc3)C(=O)[C@H]12. The summed E-state index contributed by atoms with van der Waals surface area (Å²) in [5.74, 6) is -1.59. The van der Waals surface area contributed by atoms with Crippen LogP contribution in [0.1, 0.15) is 34.9 Å². The van der Waals surface area contributed by atoms with E-state index < -0.39 is 11.8 Å². The molecule has 1 saturated heterocycles. The van der Waals surface area contributed by atoms with Crippen LogP contribution in [0.2, 0.25) is 0 Å². The zero-order chi connectivity index (χ0) is 17.8. The fourth-order valence-corrected chi connectivity index (χ4v) is 5.13. The molecule has 2 aromatic carbocycles. The van der Waals surface area contributed by atoms with E-state index in [9.17, 15) is 14.4 Å². The van der Waals surface area contributed by atoms with Crippen molar-refractivity contribution in [2.24, 2.45) is 11.8 Å². The molecule has 0 spiro atoms. The van der Waals surface area contributed by atoms with E-state index in [2.05, 4.69) is 0 Å². The first kappa shape index (κ1) is 15.5. The molecule has 2 amide bonds. The number of carbonyl (C=O) groups is 3. The Morgan fingerprint density at radius 2 is 1.46 bits per heavy atom. The number of likely N-dealkylation sites (tertiary alicyclic amines) is 1. The van der Waals surface area contributed by atoms with Gasteiger partial charge in [-0.3, -0.25) is 19.3 Å². The molecule has 3 aliphatic carbocycles. The van der Waals surface area contributed by atoms with Crippen molar-refractivity contribution < 1.29 is 14.4 Å². The van der Waals surface area contributed by atoms with Gasteiger partial charge in [-0.1, -0.05) is 54.6 Å². The van der Waals surface area contributed by atoms with Gasteiger partial charge in [0.15, 0.2) is 0 Å². The summed E-state index contributed by atoms with van der Waals surface area (Å²) in [6.45, 7) is 0.388. The van der Waals surface area contributed by atoms with Crippen molar-refractivity contribution in [3.8, 4) is 0 Å². The number of ketones is 1. The molecular weight excluding hydrogens is 326 g/mol. The minimum atomic E-state index is -0.501. The Balaban J connectivity index is 1.48. The molecule has 26 heavy (non-hydrogen) atoms. The van der Waals surface area contributed by atoms with Crippen molar-refractivity contribution in [1.82, 2.24) is 4.90 Å². The van der Waals surface area contributed by atoms with Crippen molar-refractivity contribution in [2.75, 3.05) is 6.54 Å². The summed E-state index contributed by atoms with van der Waals surface area (Å²) in [7, 11) is 0. The highest BCUT2D eigenvalue weighted by atomic mass is 16.2. The van der Waals surface area contributed by atoms with E-state index in [4.69, 9.17) is 0 Å². The zero-order valence-corrected chi connectivity index (χ0v) is 14.3. The van der Waals surface area contributed by atoms with Crippen LogP contribution in [0.3, 0.4) is 0 Å².